The van der Waals surface area contributed by atoms with Crippen LogP contribution in [0.25, 0.3) is 0 Å². The lowest BCUT2D eigenvalue weighted by molar-refractivity contribution is -0.686. The third kappa shape index (κ3) is 2.06. The second-order valence-corrected chi connectivity index (χ2v) is 3.82. The molecule has 1 aliphatic heterocycles. The molecule has 0 aliphatic carbocycles. The van der Waals surface area contributed by atoms with Gasteiger partial charge in [-0.05, 0) is 0 Å². The summed E-state index contributed by atoms with van der Waals surface area (Å²) in [6.07, 6.45) is 5.68. The van der Waals surface area contributed by atoms with E-state index < -0.39 is 12.0 Å². The molecule has 17 heavy (non-hydrogen) atoms. The molecule has 1 amide bonds. The Balaban J connectivity index is 2.26. The number of hydrogen-bond donors (Lipinski definition) is 1. The average Bonchev–Trinajstić information content (AvgIpc) is 2.71. The third-order valence-electron chi connectivity index (χ3n) is 2.64. The van der Waals surface area contributed by atoms with Crippen LogP contribution in [0.15, 0.2) is 25.2 Å². The maximum absolute atomic E-state index is 11.7. The SMILES string of the molecule is C=CC[n+]1cc2n(c1)C(=O)N[C@H](C(=O)OC)C2. The van der Waals surface area contributed by atoms with Crippen LogP contribution in [0.4, 0.5) is 4.79 Å². The minimum atomic E-state index is -0.605. The first-order valence-corrected chi connectivity index (χ1v) is 5.25. The fourth-order valence-corrected chi connectivity index (χ4v) is 1.86. The van der Waals surface area contributed by atoms with Gasteiger partial charge in [0.1, 0.15) is 18.8 Å². The van der Waals surface area contributed by atoms with Crippen molar-refractivity contribution >= 4 is 12.0 Å². The normalized spacial score (nSPS) is 18.2. The number of imidazole rings is 1. The standard InChI is InChI=1S/C11H13N3O3/c1-3-4-13-6-8-5-9(10(15)17-2)12-11(16)14(8)7-13/h3,6-7,9H,1,4-5H2,2H3/p+1/t9-/m0/s1. The predicted octanol–water partition coefficient (Wildman–Crippen LogP) is -0.383. The lowest BCUT2D eigenvalue weighted by Crippen LogP contribution is -2.49. The van der Waals surface area contributed by atoms with Crippen molar-refractivity contribution in [2.45, 2.75) is 19.0 Å². The van der Waals surface area contributed by atoms with Crippen LogP contribution >= 0.6 is 0 Å². The number of methoxy groups -OCH3 is 1. The Labute approximate surface area is 98.5 Å². The minimum absolute atomic E-state index is 0.315. The van der Waals surface area contributed by atoms with Crippen molar-refractivity contribution in [1.82, 2.24) is 9.88 Å². The first-order chi connectivity index (χ1) is 8.15. The van der Waals surface area contributed by atoms with Crippen molar-refractivity contribution in [2.75, 3.05) is 7.11 Å². The highest BCUT2D eigenvalue weighted by molar-refractivity contribution is 5.86. The van der Waals surface area contributed by atoms with E-state index in [9.17, 15) is 9.59 Å². The Bertz CT molecular complexity index is 478. The van der Waals surface area contributed by atoms with Crippen molar-refractivity contribution in [2.24, 2.45) is 0 Å². The number of allylic oxidation sites excluding steroid dienone is 1. The number of fused-ring (bicyclic) bond motifs is 1. The van der Waals surface area contributed by atoms with Crippen LogP contribution in [0.2, 0.25) is 0 Å². The fourth-order valence-electron chi connectivity index (χ4n) is 1.86. The van der Waals surface area contributed by atoms with Gasteiger partial charge in [-0.15, -0.1) is 4.57 Å². The van der Waals surface area contributed by atoms with Crippen LogP contribution in [0, 0.1) is 0 Å². The summed E-state index contributed by atoms with van der Waals surface area (Å²) in [5.41, 5.74) is 0.783. The molecule has 1 aromatic rings. The number of aromatic nitrogens is 2. The Morgan fingerprint density at radius 3 is 3.24 bits per heavy atom. The van der Waals surface area contributed by atoms with Gasteiger partial charge >= 0.3 is 12.0 Å². The number of nitrogens with zero attached hydrogens (tertiary/aromatic N) is 2. The van der Waals surface area contributed by atoms with Crippen LogP contribution in [0.3, 0.4) is 0 Å². The summed E-state index contributed by atoms with van der Waals surface area (Å²) in [4.78, 5) is 23.1. The van der Waals surface area contributed by atoms with Crippen LogP contribution < -0.4 is 9.88 Å². The quantitative estimate of drug-likeness (QED) is 0.442. The van der Waals surface area contributed by atoms with E-state index in [1.807, 2.05) is 10.8 Å². The summed E-state index contributed by atoms with van der Waals surface area (Å²) < 4.78 is 7.95. The van der Waals surface area contributed by atoms with Gasteiger partial charge in [0, 0.05) is 6.42 Å². The number of rotatable bonds is 3. The molecule has 0 radical (unpaired) electrons. The molecule has 0 unspecified atom stereocenters. The zero-order valence-corrected chi connectivity index (χ0v) is 9.55. The number of nitrogens with one attached hydrogen (secondary N) is 1. The van der Waals surface area contributed by atoms with Gasteiger partial charge in [-0.25, -0.2) is 14.2 Å². The molecule has 2 rings (SSSR count). The number of amides is 1. The molecule has 6 heteroatoms. The van der Waals surface area contributed by atoms with Gasteiger partial charge in [0.15, 0.2) is 5.69 Å². The van der Waals surface area contributed by atoms with Crippen molar-refractivity contribution in [1.29, 1.82) is 0 Å². The first kappa shape index (κ1) is 11.4. The van der Waals surface area contributed by atoms with E-state index in [2.05, 4.69) is 16.6 Å². The van der Waals surface area contributed by atoms with E-state index in [0.29, 0.717) is 13.0 Å². The van der Waals surface area contributed by atoms with Gasteiger partial charge in [0.2, 0.25) is 0 Å². The van der Waals surface area contributed by atoms with E-state index in [-0.39, 0.29) is 6.03 Å². The fraction of sp³-hybridized carbons (Fsp3) is 0.364. The highest BCUT2D eigenvalue weighted by atomic mass is 16.5. The summed E-state index contributed by atoms with van der Waals surface area (Å²) >= 11 is 0. The van der Waals surface area contributed by atoms with Gasteiger partial charge in [-0.3, -0.25) is 0 Å². The average molecular weight is 236 g/mol. The molecule has 0 saturated carbocycles. The Kier molecular flexibility index (Phi) is 2.95. The molecule has 1 aliphatic rings. The van der Waals surface area contributed by atoms with E-state index >= 15 is 0 Å². The molecule has 2 heterocycles. The zero-order chi connectivity index (χ0) is 12.4. The maximum atomic E-state index is 11.7. The van der Waals surface area contributed by atoms with Crippen LogP contribution in [0.5, 0.6) is 0 Å². The number of hydrogen-bond acceptors (Lipinski definition) is 3. The lowest BCUT2D eigenvalue weighted by Gasteiger charge is -2.17. The van der Waals surface area contributed by atoms with Crippen molar-refractivity contribution in [3.8, 4) is 0 Å². The van der Waals surface area contributed by atoms with Gasteiger partial charge in [-0.1, -0.05) is 12.7 Å². The lowest BCUT2D eigenvalue weighted by atomic mass is 10.1. The predicted molar refractivity (Wildman–Crippen MR) is 58.3 cm³/mol. The van der Waals surface area contributed by atoms with Crippen molar-refractivity contribution in [3.05, 3.63) is 30.9 Å². The number of carbonyl (C=O) groups excluding carboxylic acids is 2. The maximum Gasteiger partial charge on any atom is 0.414 e. The molecular formula is C11H14N3O3+. The van der Waals surface area contributed by atoms with E-state index in [1.165, 1.54) is 11.7 Å². The number of ether oxygens (including phenoxy) is 1. The molecule has 1 aromatic heterocycles. The Morgan fingerprint density at radius 1 is 1.82 bits per heavy atom. The molecule has 0 fully saturated rings. The van der Waals surface area contributed by atoms with Gasteiger partial charge in [-0.2, -0.15) is 0 Å². The van der Waals surface area contributed by atoms with E-state index in [4.69, 9.17) is 0 Å². The number of esters is 1. The highest BCUT2D eigenvalue weighted by Crippen LogP contribution is 2.09. The molecule has 0 bridgehead atoms. The van der Waals surface area contributed by atoms with Gasteiger partial charge in [0.05, 0.1) is 7.11 Å². The van der Waals surface area contributed by atoms with Crippen LogP contribution in [0.1, 0.15) is 5.69 Å². The monoisotopic (exact) mass is 236 g/mol. The molecule has 90 valence electrons. The summed E-state index contributed by atoms with van der Waals surface area (Å²) in [6, 6.07) is -0.920. The second-order valence-electron chi connectivity index (χ2n) is 3.82. The molecule has 0 aromatic carbocycles. The molecular weight excluding hydrogens is 222 g/mol. The molecule has 0 spiro atoms. The summed E-state index contributed by atoms with van der Waals surface area (Å²) in [6.45, 7) is 4.25. The summed E-state index contributed by atoms with van der Waals surface area (Å²) in [7, 11) is 1.31. The number of carbonyl (C=O) groups is 2. The van der Waals surface area contributed by atoms with E-state index in [0.717, 1.165) is 5.69 Å². The van der Waals surface area contributed by atoms with Gasteiger partial charge < -0.3 is 10.1 Å². The largest absolute Gasteiger partial charge is 0.467 e. The van der Waals surface area contributed by atoms with Gasteiger partial charge in [0.25, 0.3) is 6.33 Å². The Morgan fingerprint density at radius 2 is 2.59 bits per heavy atom. The molecule has 0 saturated heterocycles. The summed E-state index contributed by atoms with van der Waals surface area (Å²) in [5, 5.41) is 2.59. The van der Waals surface area contributed by atoms with Crippen LogP contribution in [-0.2, 0) is 22.5 Å². The van der Waals surface area contributed by atoms with Crippen LogP contribution in [-0.4, -0.2) is 29.7 Å². The molecule has 1 atom stereocenters. The summed E-state index contributed by atoms with van der Waals surface area (Å²) in [5.74, 6) is -0.430. The van der Waals surface area contributed by atoms with E-state index in [1.54, 1.807) is 12.4 Å². The zero-order valence-electron chi connectivity index (χ0n) is 9.55. The van der Waals surface area contributed by atoms with Crippen molar-refractivity contribution in [3.63, 3.8) is 0 Å². The topological polar surface area (TPSA) is 64.2 Å². The second kappa shape index (κ2) is 4.40. The molecule has 1 N–H and O–H groups in total. The third-order valence-corrected chi connectivity index (χ3v) is 2.64. The highest BCUT2D eigenvalue weighted by Gasteiger charge is 2.34. The Hall–Kier alpha value is -2.11. The van der Waals surface area contributed by atoms with Crippen molar-refractivity contribution < 1.29 is 18.9 Å². The minimum Gasteiger partial charge on any atom is -0.467 e. The first-order valence-electron chi connectivity index (χ1n) is 5.25. The smallest absolute Gasteiger partial charge is 0.414 e. The molecule has 6 nitrogen and oxygen atoms in total.